The molecule has 4 rings (SSSR count). The van der Waals surface area contributed by atoms with E-state index in [4.69, 9.17) is 4.74 Å². The van der Waals surface area contributed by atoms with Crippen LogP contribution in [0.15, 0.2) is 48.8 Å². The van der Waals surface area contributed by atoms with Crippen LogP contribution < -0.4 is 10.1 Å². The van der Waals surface area contributed by atoms with Crippen LogP contribution >= 0.6 is 0 Å². The Labute approximate surface area is 189 Å². The molecule has 9 heteroatoms. The van der Waals surface area contributed by atoms with E-state index in [0.29, 0.717) is 41.4 Å². The Bertz CT molecular complexity index is 1340. The van der Waals surface area contributed by atoms with Gasteiger partial charge in [-0.1, -0.05) is 6.07 Å². The summed E-state index contributed by atoms with van der Waals surface area (Å²) in [7, 11) is 2.75. The lowest BCUT2D eigenvalue weighted by Crippen LogP contribution is -2.13. The zero-order valence-electron chi connectivity index (χ0n) is 18.4. The number of ether oxygens (including phenoxy) is 2. The monoisotopic (exact) mass is 452 g/mol. The van der Waals surface area contributed by atoms with Crippen molar-refractivity contribution in [3.8, 4) is 17.0 Å². The Hall–Kier alpha value is -4.01. The van der Waals surface area contributed by atoms with E-state index in [1.807, 2.05) is 17.6 Å². The molecule has 4 aromatic rings. The van der Waals surface area contributed by atoms with E-state index >= 15 is 0 Å². The molecular weight excluding hydrogens is 430 g/mol. The first-order chi connectivity index (χ1) is 15.9. The predicted molar refractivity (Wildman–Crippen MR) is 120 cm³/mol. The van der Waals surface area contributed by atoms with E-state index in [2.05, 4.69) is 20.0 Å². The largest absolute Gasteiger partial charge is 0.496 e. The van der Waals surface area contributed by atoms with Crippen molar-refractivity contribution in [2.24, 2.45) is 0 Å². The van der Waals surface area contributed by atoms with Gasteiger partial charge in [-0.05, 0) is 37.3 Å². The van der Waals surface area contributed by atoms with E-state index in [0.717, 1.165) is 11.1 Å². The second-order valence-corrected chi connectivity index (χ2v) is 7.35. The number of fused-ring (bicyclic) bond motifs is 1. The molecule has 0 radical (unpaired) electrons. The fourth-order valence-corrected chi connectivity index (χ4v) is 3.76. The van der Waals surface area contributed by atoms with Crippen molar-refractivity contribution in [3.05, 3.63) is 71.7 Å². The van der Waals surface area contributed by atoms with Crippen LogP contribution in [0.3, 0.4) is 0 Å². The molecule has 0 amide bonds. The van der Waals surface area contributed by atoms with Crippen molar-refractivity contribution in [3.63, 3.8) is 0 Å². The molecule has 0 saturated carbocycles. The average molecular weight is 452 g/mol. The van der Waals surface area contributed by atoms with Crippen molar-refractivity contribution in [1.29, 1.82) is 0 Å². The van der Waals surface area contributed by atoms with Gasteiger partial charge >= 0.3 is 5.97 Å². The van der Waals surface area contributed by atoms with E-state index < -0.39 is 11.8 Å². The van der Waals surface area contributed by atoms with Crippen molar-refractivity contribution in [2.75, 3.05) is 26.1 Å². The summed E-state index contributed by atoms with van der Waals surface area (Å²) in [6.07, 6.45) is 1.37. The highest BCUT2D eigenvalue weighted by Gasteiger charge is 2.15. The molecule has 33 heavy (non-hydrogen) atoms. The Kier molecular flexibility index (Phi) is 6.21. The number of hydrogen-bond acceptors (Lipinski definition) is 6. The molecule has 2 aromatic carbocycles. The van der Waals surface area contributed by atoms with E-state index in [1.165, 1.54) is 31.6 Å². The maximum atomic E-state index is 14.5. The molecule has 1 N–H and O–H groups in total. The summed E-state index contributed by atoms with van der Waals surface area (Å²) < 4.78 is 40.6. The molecule has 0 bridgehead atoms. The fourth-order valence-electron chi connectivity index (χ4n) is 3.76. The van der Waals surface area contributed by atoms with Gasteiger partial charge in [-0.15, -0.1) is 0 Å². The number of esters is 1. The summed E-state index contributed by atoms with van der Waals surface area (Å²) in [5.74, 6) is -0.608. The summed E-state index contributed by atoms with van der Waals surface area (Å²) in [6.45, 7) is 2.86. The molecule has 0 spiro atoms. The van der Waals surface area contributed by atoms with Crippen LogP contribution in [0.1, 0.15) is 16.1 Å². The molecule has 7 nitrogen and oxygen atoms in total. The minimum atomic E-state index is -0.744. The number of anilines is 1. The van der Waals surface area contributed by atoms with Crippen molar-refractivity contribution in [2.45, 2.75) is 13.5 Å². The normalized spacial score (nSPS) is 10.9. The molecule has 0 atom stereocenters. The first-order valence-electron chi connectivity index (χ1n) is 10.2. The number of hydrogen-bond donors (Lipinski definition) is 1. The summed E-state index contributed by atoms with van der Waals surface area (Å²) >= 11 is 0. The van der Waals surface area contributed by atoms with Gasteiger partial charge in [0, 0.05) is 35.8 Å². The second-order valence-electron chi connectivity index (χ2n) is 7.35. The summed E-state index contributed by atoms with van der Waals surface area (Å²) in [6, 6.07) is 10.8. The highest BCUT2D eigenvalue weighted by atomic mass is 19.1. The van der Waals surface area contributed by atoms with Gasteiger partial charge in [0.2, 0.25) is 0 Å². The number of methoxy groups -OCH3 is 2. The minimum absolute atomic E-state index is 0.146. The zero-order chi connectivity index (χ0) is 23.5. The van der Waals surface area contributed by atoms with Gasteiger partial charge < -0.3 is 19.4 Å². The number of aromatic nitrogens is 3. The van der Waals surface area contributed by atoms with Gasteiger partial charge in [0.05, 0.1) is 31.0 Å². The van der Waals surface area contributed by atoms with Crippen molar-refractivity contribution < 1.29 is 23.0 Å². The van der Waals surface area contributed by atoms with Gasteiger partial charge in [0.1, 0.15) is 29.5 Å². The van der Waals surface area contributed by atoms with Crippen LogP contribution in [0.4, 0.5) is 14.6 Å². The number of halogens is 2. The standard InChI is InChI=1S/C24H22F2N4O3/c1-14-10-17-21(32-2)7-6-18(25)23(17)30(14)9-8-27-22-12-20(28-13-29-22)15-4-5-16(19(26)11-15)24(31)33-3/h4-7,10-13H,8-9H2,1-3H3,(H,27,28,29). The summed E-state index contributed by atoms with van der Waals surface area (Å²) in [5.41, 5.74) is 2.22. The third-order valence-corrected chi connectivity index (χ3v) is 5.38. The molecule has 0 aliphatic rings. The predicted octanol–water partition coefficient (Wildman–Crippen LogP) is 4.59. The number of benzene rings is 2. The number of rotatable bonds is 7. The lowest BCUT2D eigenvalue weighted by atomic mass is 10.1. The highest BCUT2D eigenvalue weighted by Crippen LogP contribution is 2.31. The zero-order valence-corrected chi connectivity index (χ0v) is 18.4. The SMILES string of the molecule is COC(=O)c1ccc(-c2cc(NCCn3c(C)cc4c(OC)ccc(F)c43)ncn2)cc1F. The van der Waals surface area contributed by atoms with Crippen LogP contribution in [0.25, 0.3) is 22.2 Å². The highest BCUT2D eigenvalue weighted by molar-refractivity contribution is 5.90. The second kappa shape index (κ2) is 9.23. The first kappa shape index (κ1) is 22.2. The molecule has 0 aliphatic carbocycles. The third-order valence-electron chi connectivity index (χ3n) is 5.38. The van der Waals surface area contributed by atoms with Gasteiger partial charge in [0.25, 0.3) is 0 Å². The average Bonchev–Trinajstić information content (AvgIpc) is 3.16. The molecule has 0 aliphatic heterocycles. The smallest absolute Gasteiger partial charge is 0.340 e. The molecule has 0 unspecified atom stereocenters. The number of carbonyl (C=O) groups excluding carboxylic acids is 1. The van der Waals surface area contributed by atoms with Crippen molar-refractivity contribution in [1.82, 2.24) is 14.5 Å². The summed E-state index contributed by atoms with van der Waals surface area (Å²) in [5, 5.41) is 3.91. The van der Waals surface area contributed by atoms with Crippen molar-refractivity contribution >= 4 is 22.7 Å². The molecule has 0 fully saturated rings. The van der Waals surface area contributed by atoms with E-state index in [9.17, 15) is 13.6 Å². The molecule has 0 saturated heterocycles. The molecular formula is C24H22F2N4O3. The number of carbonyl (C=O) groups is 1. The number of aryl methyl sites for hydroxylation is 1. The van der Waals surface area contributed by atoms with E-state index in [1.54, 1.807) is 25.3 Å². The van der Waals surface area contributed by atoms with Crippen LogP contribution in [0.2, 0.25) is 0 Å². The van der Waals surface area contributed by atoms with Gasteiger partial charge in [-0.25, -0.2) is 23.5 Å². The number of nitrogens with zero attached hydrogens (tertiary/aromatic N) is 3. The molecule has 170 valence electrons. The van der Waals surface area contributed by atoms with E-state index in [-0.39, 0.29) is 11.4 Å². The maximum Gasteiger partial charge on any atom is 0.340 e. The Morgan fingerprint density at radius 3 is 2.61 bits per heavy atom. The lowest BCUT2D eigenvalue weighted by Gasteiger charge is -2.12. The van der Waals surface area contributed by atoms with Crippen LogP contribution in [0.5, 0.6) is 5.75 Å². The van der Waals surface area contributed by atoms with Crippen LogP contribution in [-0.4, -0.2) is 41.3 Å². The molecule has 2 heterocycles. The minimum Gasteiger partial charge on any atom is -0.496 e. The van der Waals surface area contributed by atoms with Crippen LogP contribution in [-0.2, 0) is 11.3 Å². The lowest BCUT2D eigenvalue weighted by molar-refractivity contribution is 0.0595. The Morgan fingerprint density at radius 2 is 1.88 bits per heavy atom. The van der Waals surface area contributed by atoms with Gasteiger partial charge in [0.15, 0.2) is 0 Å². The van der Waals surface area contributed by atoms with Gasteiger partial charge in [-0.3, -0.25) is 0 Å². The summed E-state index contributed by atoms with van der Waals surface area (Å²) in [4.78, 5) is 20.0. The third kappa shape index (κ3) is 4.34. The Balaban J connectivity index is 1.51. The Morgan fingerprint density at radius 1 is 1.06 bits per heavy atom. The van der Waals surface area contributed by atoms with Crippen LogP contribution in [0, 0.1) is 18.6 Å². The number of nitrogens with one attached hydrogen (secondary N) is 1. The first-order valence-corrected chi connectivity index (χ1v) is 10.2. The maximum absolute atomic E-state index is 14.5. The van der Waals surface area contributed by atoms with Gasteiger partial charge in [-0.2, -0.15) is 0 Å². The topological polar surface area (TPSA) is 78.3 Å². The fraction of sp³-hybridized carbons (Fsp3) is 0.208. The quantitative estimate of drug-likeness (QED) is 0.413. The molecule has 2 aromatic heterocycles.